The fraction of sp³-hybridized carbons (Fsp3) is 0.400. The maximum Gasteiger partial charge on any atom is 0.338 e. The second-order valence-electron chi connectivity index (χ2n) is 6.59. The van der Waals surface area contributed by atoms with Gasteiger partial charge in [-0.25, -0.2) is 13.2 Å². The lowest BCUT2D eigenvalue weighted by Crippen LogP contribution is -2.35. The minimum absolute atomic E-state index is 0.149. The van der Waals surface area contributed by atoms with Crippen molar-refractivity contribution in [2.75, 3.05) is 19.7 Å². The molecule has 1 saturated heterocycles. The molecule has 3 rings (SSSR count). The van der Waals surface area contributed by atoms with Crippen molar-refractivity contribution in [2.45, 2.75) is 37.0 Å². The molecule has 0 amide bonds. The quantitative estimate of drug-likeness (QED) is 0.538. The number of piperidine rings is 1. The molecule has 144 valence electrons. The van der Waals surface area contributed by atoms with E-state index in [2.05, 4.69) is 4.98 Å². The van der Waals surface area contributed by atoms with Crippen LogP contribution in [0.1, 0.15) is 41.6 Å². The summed E-state index contributed by atoms with van der Waals surface area (Å²) in [6, 6.07) is 9.97. The Balaban J connectivity index is 1.58. The smallest absolute Gasteiger partial charge is 0.338 e. The van der Waals surface area contributed by atoms with Gasteiger partial charge in [0.05, 0.1) is 17.1 Å². The van der Waals surface area contributed by atoms with Gasteiger partial charge in [0.15, 0.2) is 0 Å². The van der Waals surface area contributed by atoms with E-state index in [1.54, 1.807) is 24.5 Å². The summed E-state index contributed by atoms with van der Waals surface area (Å²) in [5.74, 6) is -0.500. The van der Waals surface area contributed by atoms with Crippen LogP contribution < -0.4 is 0 Å². The van der Waals surface area contributed by atoms with Crippen molar-refractivity contribution < 1.29 is 17.9 Å². The van der Waals surface area contributed by atoms with Crippen LogP contribution in [0.4, 0.5) is 0 Å². The van der Waals surface area contributed by atoms with Gasteiger partial charge in [-0.15, -0.1) is 0 Å². The summed E-state index contributed by atoms with van der Waals surface area (Å²) in [4.78, 5) is 16.4. The van der Waals surface area contributed by atoms with Crippen LogP contribution >= 0.6 is 0 Å². The van der Waals surface area contributed by atoms with Gasteiger partial charge >= 0.3 is 5.97 Å². The largest absolute Gasteiger partial charge is 0.462 e. The maximum absolute atomic E-state index is 12.7. The maximum atomic E-state index is 12.7. The first-order valence-corrected chi connectivity index (χ1v) is 10.7. The molecule has 7 heteroatoms. The highest BCUT2D eigenvalue weighted by Crippen LogP contribution is 2.21. The van der Waals surface area contributed by atoms with Crippen molar-refractivity contribution in [3.05, 3.63) is 59.9 Å². The van der Waals surface area contributed by atoms with Crippen molar-refractivity contribution in [1.29, 1.82) is 0 Å². The van der Waals surface area contributed by atoms with Gasteiger partial charge in [0.2, 0.25) is 10.0 Å². The number of carbonyl (C=O) groups excluding carboxylic acids is 1. The third-order valence-electron chi connectivity index (χ3n) is 4.61. The van der Waals surface area contributed by atoms with E-state index in [1.165, 1.54) is 16.4 Å². The lowest BCUT2D eigenvalue weighted by atomic mass is 10.1. The first-order chi connectivity index (χ1) is 13.1. The third kappa shape index (κ3) is 5.14. The lowest BCUT2D eigenvalue weighted by Gasteiger charge is -2.25. The van der Waals surface area contributed by atoms with E-state index in [0.29, 0.717) is 19.5 Å². The average molecular weight is 388 g/mol. The van der Waals surface area contributed by atoms with E-state index in [0.717, 1.165) is 31.2 Å². The third-order valence-corrected chi connectivity index (χ3v) is 6.51. The topological polar surface area (TPSA) is 76.6 Å². The van der Waals surface area contributed by atoms with E-state index >= 15 is 0 Å². The minimum atomic E-state index is -3.56. The number of ether oxygens (including phenoxy) is 1. The molecule has 0 bridgehead atoms. The Morgan fingerprint density at radius 3 is 2.56 bits per heavy atom. The molecule has 0 radical (unpaired) electrons. The molecule has 0 unspecified atom stereocenters. The zero-order valence-electron chi connectivity index (χ0n) is 15.2. The van der Waals surface area contributed by atoms with E-state index in [4.69, 9.17) is 4.74 Å². The number of benzene rings is 1. The highest BCUT2D eigenvalue weighted by atomic mass is 32.2. The molecule has 0 spiro atoms. The fourth-order valence-corrected chi connectivity index (χ4v) is 4.68. The second kappa shape index (κ2) is 9.10. The molecular formula is C20H24N2O4S. The molecule has 1 aliphatic rings. The van der Waals surface area contributed by atoms with Crippen molar-refractivity contribution in [2.24, 2.45) is 0 Å². The van der Waals surface area contributed by atoms with Crippen LogP contribution in [0, 0.1) is 0 Å². The van der Waals surface area contributed by atoms with Crippen LogP contribution in [0.5, 0.6) is 0 Å². The number of rotatable bonds is 7. The predicted molar refractivity (Wildman–Crippen MR) is 102 cm³/mol. The Hall–Kier alpha value is -2.25. The van der Waals surface area contributed by atoms with Crippen LogP contribution in [-0.4, -0.2) is 43.4 Å². The molecule has 27 heavy (non-hydrogen) atoms. The number of pyridine rings is 1. The van der Waals surface area contributed by atoms with Crippen molar-refractivity contribution in [1.82, 2.24) is 9.29 Å². The van der Waals surface area contributed by atoms with E-state index in [-0.39, 0.29) is 17.1 Å². The van der Waals surface area contributed by atoms with Crippen LogP contribution in [-0.2, 0) is 21.2 Å². The normalized spacial score (nSPS) is 15.4. The summed E-state index contributed by atoms with van der Waals surface area (Å²) in [6.45, 7) is 1.35. The van der Waals surface area contributed by atoms with Crippen molar-refractivity contribution >= 4 is 16.0 Å². The van der Waals surface area contributed by atoms with E-state index < -0.39 is 16.0 Å². The number of hydrogen-bond donors (Lipinski definition) is 0. The molecule has 1 aromatic heterocycles. The summed E-state index contributed by atoms with van der Waals surface area (Å²) in [5.41, 5.74) is 1.40. The summed E-state index contributed by atoms with van der Waals surface area (Å²) in [5, 5.41) is 0. The van der Waals surface area contributed by atoms with Gasteiger partial charge < -0.3 is 4.74 Å². The molecule has 1 fully saturated rings. The monoisotopic (exact) mass is 388 g/mol. The fourth-order valence-electron chi connectivity index (χ4n) is 3.11. The van der Waals surface area contributed by atoms with Crippen LogP contribution in [0.25, 0.3) is 0 Å². The van der Waals surface area contributed by atoms with Crippen molar-refractivity contribution in [3.8, 4) is 0 Å². The molecule has 2 aromatic rings. The number of aryl methyl sites for hydroxylation is 1. The minimum Gasteiger partial charge on any atom is -0.462 e. The number of sulfonamides is 1. The Kier molecular flexibility index (Phi) is 6.58. The number of hydrogen-bond acceptors (Lipinski definition) is 5. The van der Waals surface area contributed by atoms with Gasteiger partial charge in [-0.1, -0.05) is 12.5 Å². The van der Waals surface area contributed by atoms with Gasteiger partial charge in [0.1, 0.15) is 0 Å². The summed E-state index contributed by atoms with van der Waals surface area (Å²) in [7, 11) is -3.56. The number of nitrogens with zero attached hydrogens (tertiary/aromatic N) is 2. The van der Waals surface area contributed by atoms with Gasteiger partial charge in [-0.3, -0.25) is 4.98 Å². The first kappa shape index (κ1) is 19.5. The van der Waals surface area contributed by atoms with Gasteiger partial charge in [0.25, 0.3) is 0 Å². The van der Waals surface area contributed by atoms with Crippen molar-refractivity contribution in [3.63, 3.8) is 0 Å². The Morgan fingerprint density at radius 1 is 1.07 bits per heavy atom. The molecule has 0 atom stereocenters. The Bertz CT molecular complexity index is 863. The molecular weight excluding hydrogens is 364 g/mol. The summed E-state index contributed by atoms with van der Waals surface area (Å²) >= 11 is 0. The molecule has 6 nitrogen and oxygen atoms in total. The first-order valence-electron chi connectivity index (χ1n) is 9.23. The lowest BCUT2D eigenvalue weighted by molar-refractivity contribution is 0.0500. The Labute approximate surface area is 160 Å². The number of esters is 1. The second-order valence-corrected chi connectivity index (χ2v) is 8.53. The predicted octanol–water partition coefficient (Wildman–Crippen LogP) is 3.05. The number of aromatic nitrogens is 1. The molecule has 1 aromatic carbocycles. The Morgan fingerprint density at radius 2 is 1.81 bits per heavy atom. The number of carbonyl (C=O) groups is 1. The molecule has 2 heterocycles. The SMILES string of the molecule is O=C(OCCCc1ccncc1)c1cccc(S(=O)(=O)N2CCCCC2)c1. The standard InChI is InChI=1S/C20H24N2O4S/c23-20(26-15-5-6-17-9-11-21-12-10-17)18-7-4-8-19(16-18)27(24,25)22-13-2-1-3-14-22/h4,7-12,16H,1-3,5-6,13-15H2. The molecule has 1 aliphatic heterocycles. The molecule has 0 N–H and O–H groups in total. The summed E-state index contributed by atoms with van der Waals surface area (Å²) < 4.78 is 32.3. The van der Waals surface area contributed by atoms with Crippen LogP contribution in [0.3, 0.4) is 0 Å². The highest BCUT2D eigenvalue weighted by molar-refractivity contribution is 7.89. The van der Waals surface area contributed by atoms with E-state index in [9.17, 15) is 13.2 Å². The summed E-state index contributed by atoms with van der Waals surface area (Å²) in [6.07, 6.45) is 7.75. The zero-order chi connectivity index (χ0) is 19.1. The van der Waals surface area contributed by atoms with Crippen LogP contribution in [0.15, 0.2) is 53.7 Å². The van der Waals surface area contributed by atoms with Gasteiger partial charge in [0, 0.05) is 25.5 Å². The highest BCUT2D eigenvalue weighted by Gasteiger charge is 2.26. The van der Waals surface area contributed by atoms with Gasteiger partial charge in [-0.2, -0.15) is 4.31 Å². The zero-order valence-corrected chi connectivity index (χ0v) is 16.0. The average Bonchev–Trinajstić information content (AvgIpc) is 2.72. The van der Waals surface area contributed by atoms with E-state index in [1.807, 2.05) is 12.1 Å². The van der Waals surface area contributed by atoms with Crippen LogP contribution in [0.2, 0.25) is 0 Å². The molecule has 0 saturated carbocycles. The van der Waals surface area contributed by atoms with Gasteiger partial charge in [-0.05, 0) is 61.6 Å². The molecule has 0 aliphatic carbocycles.